The molecule has 1 aromatic heterocycles. The maximum absolute atomic E-state index is 12.5. The summed E-state index contributed by atoms with van der Waals surface area (Å²) in [4.78, 5) is 3.77. The summed E-state index contributed by atoms with van der Waals surface area (Å²) in [6, 6.07) is 0. The average molecular weight is 164 g/mol. The molecule has 0 unspecified atom stereocenters. The van der Waals surface area contributed by atoms with Crippen molar-refractivity contribution in [1.82, 2.24) is 4.98 Å². The standard InChI is InChI=1S/C5H3ClFNS/c6-3-1-8-2-4(9)5(3)7/h1-2,9H. The lowest BCUT2D eigenvalue weighted by molar-refractivity contribution is 0.599. The second-order valence-electron chi connectivity index (χ2n) is 1.45. The smallest absolute Gasteiger partial charge is 0.158 e. The van der Waals surface area contributed by atoms with Crippen molar-refractivity contribution in [2.45, 2.75) is 4.90 Å². The van der Waals surface area contributed by atoms with Crippen LogP contribution in [0.15, 0.2) is 17.3 Å². The molecule has 0 aromatic carbocycles. The van der Waals surface area contributed by atoms with Crippen LogP contribution < -0.4 is 0 Å². The van der Waals surface area contributed by atoms with Crippen molar-refractivity contribution >= 4 is 24.2 Å². The minimum Gasteiger partial charge on any atom is -0.262 e. The van der Waals surface area contributed by atoms with E-state index < -0.39 is 5.82 Å². The number of thiol groups is 1. The predicted octanol–water partition coefficient (Wildman–Crippen LogP) is 2.16. The molecule has 0 fully saturated rings. The van der Waals surface area contributed by atoms with Gasteiger partial charge in [-0.25, -0.2) is 4.39 Å². The van der Waals surface area contributed by atoms with Gasteiger partial charge in [0.2, 0.25) is 0 Å². The summed E-state index contributed by atoms with van der Waals surface area (Å²) in [6.07, 6.45) is 2.53. The zero-order chi connectivity index (χ0) is 6.85. The Morgan fingerprint density at radius 2 is 2.22 bits per heavy atom. The summed E-state index contributed by atoms with van der Waals surface area (Å²) in [5, 5.41) is 0.00231. The van der Waals surface area contributed by atoms with Crippen molar-refractivity contribution in [3.63, 3.8) is 0 Å². The zero-order valence-corrected chi connectivity index (χ0v) is 5.96. The van der Waals surface area contributed by atoms with Crippen LogP contribution in [-0.4, -0.2) is 4.98 Å². The van der Waals surface area contributed by atoms with E-state index in [4.69, 9.17) is 11.6 Å². The minimum absolute atomic E-state index is 0.00231. The molecule has 1 aromatic rings. The summed E-state index contributed by atoms with van der Waals surface area (Å²) >= 11 is 9.07. The first-order chi connectivity index (χ1) is 4.22. The Labute approximate surface area is 62.3 Å². The van der Waals surface area contributed by atoms with Gasteiger partial charge in [-0.3, -0.25) is 4.98 Å². The van der Waals surface area contributed by atoms with E-state index in [-0.39, 0.29) is 9.92 Å². The van der Waals surface area contributed by atoms with E-state index >= 15 is 0 Å². The molecule has 0 aliphatic heterocycles. The first-order valence-corrected chi connectivity index (χ1v) is 3.02. The van der Waals surface area contributed by atoms with E-state index in [0.29, 0.717) is 0 Å². The molecule has 48 valence electrons. The van der Waals surface area contributed by atoms with Gasteiger partial charge in [-0.05, 0) is 0 Å². The van der Waals surface area contributed by atoms with E-state index in [0.717, 1.165) is 0 Å². The Balaban J connectivity index is 3.25. The van der Waals surface area contributed by atoms with E-state index in [1.54, 1.807) is 0 Å². The maximum atomic E-state index is 12.5. The Bertz CT molecular complexity index is 208. The van der Waals surface area contributed by atoms with Gasteiger partial charge < -0.3 is 0 Å². The first-order valence-electron chi connectivity index (χ1n) is 2.20. The molecule has 0 saturated heterocycles. The van der Waals surface area contributed by atoms with E-state index in [1.165, 1.54) is 12.4 Å². The molecule has 0 radical (unpaired) electrons. The Morgan fingerprint density at radius 1 is 1.56 bits per heavy atom. The molecule has 0 amide bonds. The molecular formula is C5H3ClFNS. The summed E-state index contributed by atoms with van der Waals surface area (Å²) in [5.41, 5.74) is 0. The fourth-order valence-electron chi connectivity index (χ4n) is 0.409. The highest BCUT2D eigenvalue weighted by atomic mass is 35.5. The van der Waals surface area contributed by atoms with Crippen LogP contribution in [0.5, 0.6) is 0 Å². The molecule has 1 nitrogen and oxygen atoms in total. The van der Waals surface area contributed by atoms with Gasteiger partial charge in [-0.1, -0.05) is 11.6 Å². The van der Waals surface area contributed by atoms with Gasteiger partial charge in [0.1, 0.15) is 0 Å². The molecular weight excluding hydrogens is 161 g/mol. The molecule has 1 rings (SSSR count). The predicted molar refractivity (Wildman–Crippen MR) is 36.5 cm³/mol. The minimum atomic E-state index is -0.519. The lowest BCUT2D eigenvalue weighted by atomic mass is 10.5. The number of rotatable bonds is 0. The normalized spacial score (nSPS) is 9.67. The van der Waals surface area contributed by atoms with Crippen LogP contribution in [0, 0.1) is 5.82 Å². The third-order valence-corrected chi connectivity index (χ3v) is 1.39. The van der Waals surface area contributed by atoms with Crippen LogP contribution in [0.2, 0.25) is 5.02 Å². The van der Waals surface area contributed by atoms with E-state index in [1.807, 2.05) is 0 Å². The van der Waals surface area contributed by atoms with Crippen LogP contribution in [0.25, 0.3) is 0 Å². The fourth-order valence-corrected chi connectivity index (χ4v) is 0.820. The lowest BCUT2D eigenvalue weighted by Gasteiger charge is -1.93. The Hall–Kier alpha value is -0.280. The number of halogens is 2. The largest absolute Gasteiger partial charge is 0.262 e. The SMILES string of the molecule is Fc1c(S)cncc1Cl. The molecule has 0 N–H and O–H groups in total. The highest BCUT2D eigenvalue weighted by molar-refractivity contribution is 7.80. The average Bonchev–Trinajstić information content (AvgIpc) is 1.83. The molecule has 4 heteroatoms. The topological polar surface area (TPSA) is 12.9 Å². The highest BCUT2D eigenvalue weighted by Crippen LogP contribution is 2.18. The Morgan fingerprint density at radius 3 is 2.67 bits per heavy atom. The van der Waals surface area contributed by atoms with Crippen LogP contribution in [0.4, 0.5) is 4.39 Å². The fraction of sp³-hybridized carbons (Fsp3) is 0. The third kappa shape index (κ3) is 1.34. The highest BCUT2D eigenvalue weighted by Gasteiger charge is 2.01. The van der Waals surface area contributed by atoms with Gasteiger partial charge in [-0.15, -0.1) is 12.6 Å². The van der Waals surface area contributed by atoms with Gasteiger partial charge in [0.25, 0.3) is 0 Å². The number of aromatic nitrogens is 1. The monoisotopic (exact) mass is 163 g/mol. The first kappa shape index (κ1) is 6.83. The molecule has 0 spiro atoms. The van der Waals surface area contributed by atoms with Crippen LogP contribution in [-0.2, 0) is 0 Å². The second-order valence-corrected chi connectivity index (χ2v) is 2.34. The van der Waals surface area contributed by atoms with Crippen molar-refractivity contribution in [1.29, 1.82) is 0 Å². The third-order valence-electron chi connectivity index (χ3n) is 0.819. The zero-order valence-electron chi connectivity index (χ0n) is 4.31. The van der Waals surface area contributed by atoms with E-state index in [2.05, 4.69) is 17.6 Å². The van der Waals surface area contributed by atoms with Crippen molar-refractivity contribution in [3.8, 4) is 0 Å². The maximum Gasteiger partial charge on any atom is 0.158 e. The van der Waals surface area contributed by atoms with Gasteiger partial charge in [-0.2, -0.15) is 0 Å². The summed E-state index contributed by atoms with van der Waals surface area (Å²) in [5.74, 6) is -0.519. The van der Waals surface area contributed by atoms with Crippen molar-refractivity contribution in [3.05, 3.63) is 23.2 Å². The van der Waals surface area contributed by atoms with E-state index in [9.17, 15) is 4.39 Å². The molecule has 0 atom stereocenters. The summed E-state index contributed by atoms with van der Waals surface area (Å²) in [6.45, 7) is 0. The van der Waals surface area contributed by atoms with Crippen LogP contribution >= 0.6 is 24.2 Å². The van der Waals surface area contributed by atoms with Crippen molar-refractivity contribution in [2.75, 3.05) is 0 Å². The van der Waals surface area contributed by atoms with Gasteiger partial charge in [0, 0.05) is 12.4 Å². The number of hydrogen-bond acceptors (Lipinski definition) is 2. The summed E-state index contributed by atoms with van der Waals surface area (Å²) < 4.78 is 12.5. The number of hydrogen-bond donors (Lipinski definition) is 1. The second kappa shape index (κ2) is 2.54. The van der Waals surface area contributed by atoms with Crippen LogP contribution in [0.1, 0.15) is 0 Å². The molecule has 0 saturated carbocycles. The molecule has 1 heterocycles. The Kier molecular flexibility index (Phi) is 1.93. The number of nitrogens with zero attached hydrogens (tertiary/aromatic N) is 1. The quantitative estimate of drug-likeness (QED) is 0.579. The lowest BCUT2D eigenvalue weighted by Crippen LogP contribution is -1.80. The van der Waals surface area contributed by atoms with Gasteiger partial charge >= 0.3 is 0 Å². The number of pyridine rings is 1. The molecule has 0 aliphatic rings. The molecule has 0 bridgehead atoms. The van der Waals surface area contributed by atoms with Gasteiger partial charge in [0.15, 0.2) is 5.82 Å². The van der Waals surface area contributed by atoms with Gasteiger partial charge in [0.05, 0.1) is 9.92 Å². The van der Waals surface area contributed by atoms with Crippen molar-refractivity contribution < 1.29 is 4.39 Å². The molecule has 9 heavy (non-hydrogen) atoms. The van der Waals surface area contributed by atoms with Crippen LogP contribution in [0.3, 0.4) is 0 Å². The molecule has 0 aliphatic carbocycles. The summed E-state index contributed by atoms with van der Waals surface area (Å²) in [7, 11) is 0. The van der Waals surface area contributed by atoms with Crippen molar-refractivity contribution in [2.24, 2.45) is 0 Å².